The normalized spacial score (nSPS) is 16.1. The van der Waals surface area contributed by atoms with Gasteiger partial charge in [0.1, 0.15) is 23.7 Å². The minimum Gasteiger partial charge on any atom is -0.480 e. The van der Waals surface area contributed by atoms with Gasteiger partial charge in [-0.25, -0.2) is 13.4 Å². The van der Waals surface area contributed by atoms with Crippen LogP contribution < -0.4 is 15.4 Å². The van der Waals surface area contributed by atoms with Crippen molar-refractivity contribution in [2.45, 2.75) is 62.5 Å². The molecule has 1 aliphatic heterocycles. The van der Waals surface area contributed by atoms with Crippen LogP contribution >= 0.6 is 0 Å². The number of sulfonamides is 1. The van der Waals surface area contributed by atoms with Crippen molar-refractivity contribution in [1.82, 2.24) is 15.0 Å². The zero-order valence-electron chi connectivity index (χ0n) is 20.9. The third-order valence-electron chi connectivity index (χ3n) is 5.84. The van der Waals surface area contributed by atoms with E-state index in [0.717, 1.165) is 30.8 Å². The highest BCUT2D eigenvalue weighted by atomic mass is 32.2. The molecule has 0 fully saturated rings. The van der Waals surface area contributed by atoms with Crippen LogP contribution in [0.1, 0.15) is 51.0 Å². The molecule has 1 aliphatic rings. The van der Waals surface area contributed by atoms with Crippen LogP contribution in [0, 0.1) is 0 Å². The quantitative estimate of drug-likeness (QED) is 0.271. The predicted octanol–water partition coefficient (Wildman–Crippen LogP) is 2.48. The van der Waals surface area contributed by atoms with E-state index in [1.54, 1.807) is 18.3 Å². The molecule has 2 heterocycles. The van der Waals surface area contributed by atoms with Crippen LogP contribution in [0.4, 0.5) is 5.82 Å². The Kier molecular flexibility index (Phi) is 9.98. The van der Waals surface area contributed by atoms with Gasteiger partial charge in [-0.3, -0.25) is 9.59 Å². The Hall–Kier alpha value is -3.51. The van der Waals surface area contributed by atoms with Crippen LogP contribution in [0.5, 0.6) is 0 Å². The molecule has 11 nitrogen and oxygen atoms in total. The summed E-state index contributed by atoms with van der Waals surface area (Å²) in [6.07, 6.45) is 4.23. The van der Waals surface area contributed by atoms with Crippen molar-refractivity contribution in [3.05, 3.63) is 54.2 Å². The molecule has 0 radical (unpaired) electrons. The van der Waals surface area contributed by atoms with Crippen molar-refractivity contribution < 1.29 is 28.0 Å². The van der Waals surface area contributed by atoms with Crippen LogP contribution in [-0.4, -0.2) is 61.3 Å². The molecule has 0 saturated heterocycles. The van der Waals surface area contributed by atoms with Crippen LogP contribution in [0.25, 0.3) is 0 Å². The molecule has 2 aromatic rings. The number of benzene rings is 1. The number of oxime groups is 1. The average molecular weight is 532 g/mol. The highest BCUT2D eigenvalue weighted by Gasteiger charge is 2.29. The third-order valence-corrected chi connectivity index (χ3v) is 7.33. The first-order chi connectivity index (χ1) is 17.7. The lowest BCUT2D eigenvalue weighted by Gasteiger charge is -2.16. The fourth-order valence-electron chi connectivity index (χ4n) is 3.66. The Morgan fingerprint density at radius 3 is 2.54 bits per heavy atom. The summed E-state index contributed by atoms with van der Waals surface area (Å²) in [5.74, 6) is -0.966. The first-order valence-electron chi connectivity index (χ1n) is 12.2. The summed E-state index contributed by atoms with van der Waals surface area (Å²) in [5.41, 5.74) is 1.10. The van der Waals surface area contributed by atoms with Crippen molar-refractivity contribution in [3.63, 3.8) is 0 Å². The fourth-order valence-corrected chi connectivity index (χ4v) is 4.85. The first kappa shape index (κ1) is 28.1. The van der Waals surface area contributed by atoms with E-state index in [1.807, 2.05) is 32.0 Å². The Morgan fingerprint density at radius 2 is 1.89 bits per heavy atom. The largest absolute Gasteiger partial charge is 0.480 e. The van der Waals surface area contributed by atoms with Crippen molar-refractivity contribution in [1.29, 1.82) is 0 Å². The molecule has 4 N–H and O–H groups in total. The third kappa shape index (κ3) is 8.53. The SMILES string of the molecule is CC(C)c1ccc(S(=O)(=O)N[C@@H](CNC(=O)C2=NOC(CCCCNc3ccccn3)C2)C(=O)O)cc1. The second-order valence-electron chi connectivity index (χ2n) is 9.05. The number of aromatic nitrogens is 1. The number of hydrogen-bond donors (Lipinski definition) is 4. The van der Waals surface area contributed by atoms with E-state index in [9.17, 15) is 23.1 Å². The molecule has 2 atom stereocenters. The number of nitrogens with one attached hydrogen (secondary N) is 3. The minimum absolute atomic E-state index is 0.0545. The maximum absolute atomic E-state index is 12.7. The number of aliphatic carboxylic acids is 1. The number of nitrogens with zero attached hydrogens (tertiary/aromatic N) is 2. The van der Waals surface area contributed by atoms with Crippen molar-refractivity contribution in [2.75, 3.05) is 18.4 Å². The topological polar surface area (TPSA) is 159 Å². The smallest absolute Gasteiger partial charge is 0.323 e. The second-order valence-corrected chi connectivity index (χ2v) is 10.8. The number of amides is 1. The molecule has 200 valence electrons. The summed E-state index contributed by atoms with van der Waals surface area (Å²) >= 11 is 0. The van der Waals surface area contributed by atoms with E-state index < -0.39 is 34.5 Å². The zero-order chi connectivity index (χ0) is 26.8. The molecule has 0 spiro atoms. The Bertz CT molecular complexity index is 1190. The van der Waals surface area contributed by atoms with Gasteiger partial charge in [0.2, 0.25) is 10.0 Å². The van der Waals surface area contributed by atoms with Gasteiger partial charge in [-0.1, -0.05) is 37.2 Å². The minimum atomic E-state index is -4.10. The Labute approximate surface area is 216 Å². The lowest BCUT2D eigenvalue weighted by molar-refractivity contribution is -0.138. The van der Waals surface area contributed by atoms with Gasteiger partial charge in [0.15, 0.2) is 0 Å². The summed E-state index contributed by atoms with van der Waals surface area (Å²) in [6.45, 7) is 4.28. The number of carboxylic acids is 1. The van der Waals surface area contributed by atoms with Gasteiger partial charge >= 0.3 is 5.97 Å². The maximum atomic E-state index is 12.7. The summed E-state index contributed by atoms with van der Waals surface area (Å²) in [7, 11) is -4.10. The fraction of sp³-hybridized carbons (Fsp3) is 0.440. The molecule has 1 amide bonds. The molecular weight excluding hydrogens is 498 g/mol. The summed E-state index contributed by atoms with van der Waals surface area (Å²) in [4.78, 5) is 33.6. The number of carboxylic acid groups (broad SMARTS) is 1. The van der Waals surface area contributed by atoms with Crippen LogP contribution in [0.15, 0.2) is 58.7 Å². The number of carbonyl (C=O) groups is 2. The summed E-state index contributed by atoms with van der Waals surface area (Å²) < 4.78 is 27.5. The van der Waals surface area contributed by atoms with Crippen molar-refractivity contribution >= 4 is 33.4 Å². The van der Waals surface area contributed by atoms with E-state index in [-0.39, 0.29) is 22.6 Å². The lowest BCUT2D eigenvalue weighted by Crippen LogP contribution is -2.49. The van der Waals surface area contributed by atoms with Gasteiger partial charge in [0.25, 0.3) is 5.91 Å². The van der Waals surface area contributed by atoms with Gasteiger partial charge in [-0.05, 0) is 55.0 Å². The Morgan fingerprint density at radius 1 is 1.14 bits per heavy atom. The first-order valence-corrected chi connectivity index (χ1v) is 13.6. The van der Waals surface area contributed by atoms with E-state index in [2.05, 4.69) is 25.5 Å². The van der Waals surface area contributed by atoms with Crippen LogP contribution in [0.2, 0.25) is 0 Å². The van der Waals surface area contributed by atoms with Gasteiger partial charge in [-0.2, -0.15) is 4.72 Å². The van der Waals surface area contributed by atoms with E-state index in [0.29, 0.717) is 12.8 Å². The number of rotatable bonds is 14. The van der Waals surface area contributed by atoms with E-state index in [1.165, 1.54) is 12.1 Å². The van der Waals surface area contributed by atoms with Crippen LogP contribution in [-0.2, 0) is 24.4 Å². The predicted molar refractivity (Wildman–Crippen MR) is 139 cm³/mol. The second kappa shape index (κ2) is 13.2. The lowest BCUT2D eigenvalue weighted by atomic mass is 10.0. The number of unbranched alkanes of at least 4 members (excludes halogenated alkanes) is 1. The highest BCUT2D eigenvalue weighted by Crippen LogP contribution is 2.18. The number of anilines is 1. The van der Waals surface area contributed by atoms with Gasteiger partial charge in [0.05, 0.1) is 4.90 Å². The molecule has 1 aromatic heterocycles. The average Bonchev–Trinajstić information content (AvgIpc) is 3.36. The van der Waals surface area contributed by atoms with Gasteiger partial charge < -0.3 is 20.6 Å². The number of carbonyl (C=O) groups excluding carboxylic acids is 1. The van der Waals surface area contributed by atoms with E-state index in [4.69, 9.17) is 4.84 Å². The van der Waals surface area contributed by atoms with Crippen molar-refractivity contribution in [3.8, 4) is 0 Å². The number of hydrogen-bond acceptors (Lipinski definition) is 8. The molecule has 1 aromatic carbocycles. The standard InChI is InChI=1S/C25H33N5O6S/c1-17(2)18-9-11-20(12-10-18)37(34,35)30-22(25(32)33)16-28-24(31)21-15-19(36-29-21)7-3-5-13-26-23-8-4-6-14-27-23/h4,6,8-12,14,17,19,22,30H,3,5,7,13,15-16H2,1-2H3,(H,26,27)(H,28,31)(H,32,33)/t19?,22-/m0/s1. The molecule has 3 rings (SSSR count). The molecule has 37 heavy (non-hydrogen) atoms. The van der Waals surface area contributed by atoms with Crippen LogP contribution in [0.3, 0.4) is 0 Å². The molecule has 12 heteroatoms. The summed E-state index contributed by atoms with van der Waals surface area (Å²) in [6, 6.07) is 10.3. The molecule has 0 aliphatic carbocycles. The molecule has 0 saturated carbocycles. The van der Waals surface area contributed by atoms with Gasteiger partial charge in [0, 0.05) is 25.7 Å². The van der Waals surface area contributed by atoms with Crippen molar-refractivity contribution in [2.24, 2.45) is 5.16 Å². The molecule has 0 bridgehead atoms. The monoisotopic (exact) mass is 531 g/mol. The summed E-state index contributed by atoms with van der Waals surface area (Å²) in [5, 5.41) is 19.0. The molecular formula is C25H33N5O6S. The number of pyridine rings is 1. The Balaban J connectivity index is 1.41. The zero-order valence-corrected chi connectivity index (χ0v) is 21.7. The molecule has 1 unspecified atom stereocenters. The highest BCUT2D eigenvalue weighted by molar-refractivity contribution is 7.89. The maximum Gasteiger partial charge on any atom is 0.323 e. The van der Waals surface area contributed by atoms with Gasteiger partial charge in [-0.15, -0.1) is 0 Å². The van der Waals surface area contributed by atoms with E-state index >= 15 is 0 Å².